The first-order chi connectivity index (χ1) is 8.67. The molecule has 1 aromatic heterocycles. The summed E-state index contributed by atoms with van der Waals surface area (Å²) in [4.78, 5) is 4.51. The summed E-state index contributed by atoms with van der Waals surface area (Å²) < 4.78 is 2.05. The molecule has 5 heteroatoms. The number of nitrogens with zero attached hydrogens (tertiary/aromatic N) is 3. The van der Waals surface area contributed by atoms with E-state index in [4.69, 9.17) is 0 Å². The molecule has 18 heavy (non-hydrogen) atoms. The van der Waals surface area contributed by atoms with E-state index in [2.05, 4.69) is 47.6 Å². The number of aliphatic imine (C=N–C) groups is 1. The minimum Gasteiger partial charge on any atom is -0.357 e. The molecule has 0 aromatic carbocycles. The lowest BCUT2D eigenvalue weighted by atomic mass is 10.4. The van der Waals surface area contributed by atoms with Crippen molar-refractivity contribution in [1.29, 1.82) is 0 Å². The minimum absolute atomic E-state index is 0.813. The van der Waals surface area contributed by atoms with E-state index >= 15 is 0 Å². The molecule has 2 N–H and O–H groups in total. The molecule has 0 aliphatic carbocycles. The van der Waals surface area contributed by atoms with Crippen LogP contribution in [0, 0.1) is 13.8 Å². The minimum atomic E-state index is 0.813. The van der Waals surface area contributed by atoms with Gasteiger partial charge in [-0.25, -0.2) is 0 Å². The summed E-state index contributed by atoms with van der Waals surface area (Å²) in [7, 11) is 0. The summed E-state index contributed by atoms with van der Waals surface area (Å²) in [5.41, 5.74) is 2.30. The van der Waals surface area contributed by atoms with Crippen molar-refractivity contribution in [3.63, 3.8) is 0 Å². The number of hydrogen-bond donors (Lipinski definition) is 2. The molecule has 0 fully saturated rings. The lowest BCUT2D eigenvalue weighted by Gasteiger charge is -2.09. The first kappa shape index (κ1) is 14.5. The Hall–Kier alpha value is -1.52. The molecular formula is C13H25N5. The van der Waals surface area contributed by atoms with E-state index in [0.29, 0.717) is 0 Å². The van der Waals surface area contributed by atoms with Gasteiger partial charge in [0.15, 0.2) is 5.96 Å². The van der Waals surface area contributed by atoms with E-state index in [1.165, 1.54) is 5.69 Å². The molecule has 0 aliphatic heterocycles. The molecule has 0 saturated heterocycles. The number of rotatable bonds is 6. The molecule has 0 aliphatic rings. The highest BCUT2D eigenvalue weighted by atomic mass is 15.3. The molecule has 0 spiro atoms. The van der Waals surface area contributed by atoms with Crippen molar-refractivity contribution in [3.8, 4) is 0 Å². The number of guanidine groups is 1. The van der Waals surface area contributed by atoms with E-state index in [1.54, 1.807) is 0 Å². The van der Waals surface area contributed by atoms with Crippen LogP contribution in [0.25, 0.3) is 0 Å². The van der Waals surface area contributed by atoms with Gasteiger partial charge in [0.25, 0.3) is 0 Å². The fraction of sp³-hybridized carbons (Fsp3) is 0.692. The predicted octanol–water partition coefficient (Wildman–Crippen LogP) is 1.47. The topological polar surface area (TPSA) is 54.2 Å². The highest BCUT2D eigenvalue weighted by molar-refractivity contribution is 5.79. The Morgan fingerprint density at radius 2 is 1.94 bits per heavy atom. The van der Waals surface area contributed by atoms with Gasteiger partial charge in [-0.3, -0.25) is 9.67 Å². The molecule has 0 amide bonds. The van der Waals surface area contributed by atoms with Crippen LogP contribution in [0.15, 0.2) is 11.1 Å². The van der Waals surface area contributed by atoms with Crippen molar-refractivity contribution in [2.75, 3.05) is 19.6 Å². The van der Waals surface area contributed by atoms with Gasteiger partial charge in [0, 0.05) is 31.9 Å². The molecule has 0 bridgehead atoms. The van der Waals surface area contributed by atoms with E-state index in [0.717, 1.165) is 44.3 Å². The zero-order valence-electron chi connectivity index (χ0n) is 12.0. The lowest BCUT2D eigenvalue weighted by Crippen LogP contribution is -2.37. The zero-order valence-corrected chi connectivity index (χ0v) is 12.0. The van der Waals surface area contributed by atoms with E-state index < -0.39 is 0 Å². The highest BCUT2D eigenvalue weighted by Gasteiger charge is 2.00. The SMILES string of the molecule is CCNC(=NCCCn1nc(C)cc1C)NCC. The third-order valence-electron chi connectivity index (χ3n) is 2.59. The summed E-state index contributed by atoms with van der Waals surface area (Å²) in [5.74, 6) is 0.897. The van der Waals surface area contributed by atoms with Gasteiger partial charge in [-0.2, -0.15) is 5.10 Å². The fourth-order valence-electron chi connectivity index (χ4n) is 1.82. The van der Waals surface area contributed by atoms with Crippen LogP contribution in [0.3, 0.4) is 0 Å². The van der Waals surface area contributed by atoms with E-state index in [-0.39, 0.29) is 0 Å². The normalized spacial score (nSPS) is 10.2. The van der Waals surface area contributed by atoms with Gasteiger partial charge in [-0.05, 0) is 40.2 Å². The van der Waals surface area contributed by atoms with Gasteiger partial charge in [0.1, 0.15) is 0 Å². The third kappa shape index (κ3) is 4.77. The Labute approximate surface area is 110 Å². The van der Waals surface area contributed by atoms with Crippen molar-refractivity contribution < 1.29 is 0 Å². The first-order valence-electron chi connectivity index (χ1n) is 6.70. The monoisotopic (exact) mass is 251 g/mol. The summed E-state index contributed by atoms with van der Waals surface area (Å²) >= 11 is 0. The predicted molar refractivity (Wildman–Crippen MR) is 76.0 cm³/mol. The molecule has 5 nitrogen and oxygen atoms in total. The largest absolute Gasteiger partial charge is 0.357 e. The van der Waals surface area contributed by atoms with Crippen LogP contribution in [0.1, 0.15) is 31.7 Å². The molecular weight excluding hydrogens is 226 g/mol. The smallest absolute Gasteiger partial charge is 0.191 e. The fourth-order valence-corrected chi connectivity index (χ4v) is 1.82. The molecule has 0 radical (unpaired) electrons. The van der Waals surface area contributed by atoms with Crippen LogP contribution in [-0.2, 0) is 6.54 Å². The average molecular weight is 251 g/mol. The maximum absolute atomic E-state index is 4.51. The summed E-state index contributed by atoms with van der Waals surface area (Å²) in [6.07, 6.45) is 1.00. The van der Waals surface area contributed by atoms with Crippen LogP contribution < -0.4 is 10.6 Å². The van der Waals surface area contributed by atoms with Gasteiger partial charge in [0.2, 0.25) is 0 Å². The van der Waals surface area contributed by atoms with Crippen molar-refractivity contribution in [1.82, 2.24) is 20.4 Å². The molecule has 1 heterocycles. The molecule has 0 unspecified atom stereocenters. The second-order valence-electron chi connectivity index (χ2n) is 4.29. The summed E-state index contributed by atoms with van der Waals surface area (Å²) in [6.45, 7) is 11.8. The molecule has 1 aromatic rings. The molecule has 0 atom stereocenters. The second-order valence-corrected chi connectivity index (χ2v) is 4.29. The maximum atomic E-state index is 4.51. The van der Waals surface area contributed by atoms with Gasteiger partial charge < -0.3 is 10.6 Å². The van der Waals surface area contributed by atoms with Crippen molar-refractivity contribution in [2.45, 2.75) is 40.7 Å². The van der Waals surface area contributed by atoms with Crippen molar-refractivity contribution >= 4 is 5.96 Å². The molecule has 102 valence electrons. The Balaban J connectivity index is 2.36. The Morgan fingerprint density at radius 3 is 2.44 bits per heavy atom. The summed E-state index contributed by atoms with van der Waals surface area (Å²) in [6, 6.07) is 2.10. The van der Waals surface area contributed by atoms with E-state index in [1.807, 2.05) is 11.6 Å². The third-order valence-corrected chi connectivity index (χ3v) is 2.59. The van der Waals surface area contributed by atoms with Crippen LogP contribution in [0.4, 0.5) is 0 Å². The number of hydrogen-bond acceptors (Lipinski definition) is 2. The standard InChI is InChI=1S/C13H25N5/c1-5-14-13(15-6-2)16-8-7-9-18-12(4)10-11(3)17-18/h10H,5-9H2,1-4H3,(H2,14,15,16). The van der Waals surface area contributed by atoms with Crippen LogP contribution in [0.2, 0.25) is 0 Å². The highest BCUT2D eigenvalue weighted by Crippen LogP contribution is 2.02. The van der Waals surface area contributed by atoms with Gasteiger partial charge >= 0.3 is 0 Å². The maximum Gasteiger partial charge on any atom is 0.191 e. The van der Waals surface area contributed by atoms with E-state index in [9.17, 15) is 0 Å². The average Bonchev–Trinajstić information content (AvgIpc) is 2.64. The Bertz CT molecular complexity index is 373. The Kier molecular flexibility index (Phi) is 6.25. The first-order valence-corrected chi connectivity index (χ1v) is 6.70. The quantitative estimate of drug-likeness (QED) is 0.457. The number of aryl methyl sites for hydroxylation is 3. The van der Waals surface area contributed by atoms with Crippen LogP contribution >= 0.6 is 0 Å². The lowest BCUT2D eigenvalue weighted by molar-refractivity contribution is 0.567. The zero-order chi connectivity index (χ0) is 13.4. The molecule has 0 saturated carbocycles. The number of nitrogens with one attached hydrogen (secondary N) is 2. The van der Waals surface area contributed by atoms with Gasteiger partial charge in [0.05, 0.1) is 5.69 Å². The summed E-state index contributed by atoms with van der Waals surface area (Å²) in [5, 5.41) is 10.9. The van der Waals surface area contributed by atoms with Gasteiger partial charge in [-0.1, -0.05) is 0 Å². The number of aromatic nitrogens is 2. The van der Waals surface area contributed by atoms with Crippen LogP contribution in [-0.4, -0.2) is 35.4 Å². The second kappa shape index (κ2) is 7.74. The Morgan fingerprint density at radius 1 is 1.28 bits per heavy atom. The van der Waals surface area contributed by atoms with Crippen LogP contribution in [0.5, 0.6) is 0 Å². The molecule has 1 rings (SSSR count). The van der Waals surface area contributed by atoms with Gasteiger partial charge in [-0.15, -0.1) is 0 Å². The van der Waals surface area contributed by atoms with Crippen molar-refractivity contribution in [3.05, 3.63) is 17.5 Å². The van der Waals surface area contributed by atoms with Crippen molar-refractivity contribution in [2.24, 2.45) is 4.99 Å².